The fourth-order valence-electron chi connectivity index (χ4n) is 4.18. The fourth-order valence-corrected chi connectivity index (χ4v) is 4.94. The SMILES string of the molecule is Cc1ccnn1-c1nnc(NC(=O)c2cc3c(c(=O)o2)OCCN3C2CCCC2C#N)s1. The van der Waals surface area contributed by atoms with Gasteiger partial charge in [-0.25, -0.2) is 9.48 Å². The largest absolute Gasteiger partial charge is 0.483 e. The summed E-state index contributed by atoms with van der Waals surface area (Å²) in [6, 6.07) is 5.66. The highest BCUT2D eigenvalue weighted by molar-refractivity contribution is 7.17. The van der Waals surface area contributed by atoms with Crippen LogP contribution in [0.25, 0.3) is 5.13 Å². The minimum Gasteiger partial charge on any atom is -0.483 e. The zero-order valence-corrected chi connectivity index (χ0v) is 18.0. The molecule has 32 heavy (non-hydrogen) atoms. The molecule has 1 aliphatic carbocycles. The first kappa shape index (κ1) is 20.2. The van der Waals surface area contributed by atoms with Crippen LogP contribution < -0.4 is 20.6 Å². The van der Waals surface area contributed by atoms with Crippen molar-refractivity contribution in [3.63, 3.8) is 0 Å². The van der Waals surface area contributed by atoms with E-state index in [9.17, 15) is 14.9 Å². The summed E-state index contributed by atoms with van der Waals surface area (Å²) in [6.45, 7) is 2.73. The molecule has 5 rings (SSSR count). The third kappa shape index (κ3) is 3.50. The van der Waals surface area contributed by atoms with E-state index in [1.807, 2.05) is 17.9 Å². The van der Waals surface area contributed by atoms with Crippen molar-refractivity contribution in [3.05, 3.63) is 40.2 Å². The Morgan fingerprint density at radius 3 is 3.03 bits per heavy atom. The van der Waals surface area contributed by atoms with E-state index in [4.69, 9.17) is 9.15 Å². The number of nitrogens with zero attached hydrogens (tertiary/aromatic N) is 6. The van der Waals surface area contributed by atoms with E-state index in [-0.39, 0.29) is 28.6 Å². The highest BCUT2D eigenvalue weighted by Gasteiger charge is 2.36. The monoisotopic (exact) mass is 453 g/mol. The van der Waals surface area contributed by atoms with Crippen LogP contribution in [0.5, 0.6) is 5.75 Å². The van der Waals surface area contributed by atoms with Crippen molar-refractivity contribution in [2.75, 3.05) is 23.4 Å². The Morgan fingerprint density at radius 1 is 1.38 bits per heavy atom. The van der Waals surface area contributed by atoms with E-state index in [1.54, 1.807) is 10.9 Å². The van der Waals surface area contributed by atoms with Crippen LogP contribution in [0.3, 0.4) is 0 Å². The van der Waals surface area contributed by atoms with Crippen LogP contribution >= 0.6 is 11.3 Å². The van der Waals surface area contributed by atoms with Crippen LogP contribution in [0.2, 0.25) is 0 Å². The molecule has 0 saturated heterocycles. The number of ether oxygens (including phenoxy) is 1. The van der Waals surface area contributed by atoms with Crippen molar-refractivity contribution in [2.24, 2.45) is 5.92 Å². The van der Waals surface area contributed by atoms with Crippen molar-refractivity contribution in [2.45, 2.75) is 32.2 Å². The van der Waals surface area contributed by atoms with Crippen molar-refractivity contribution >= 4 is 28.1 Å². The number of aromatic nitrogens is 4. The Hall–Kier alpha value is -3.72. The molecule has 2 atom stereocenters. The number of anilines is 2. The molecule has 164 valence electrons. The normalized spacial score (nSPS) is 19.8. The Morgan fingerprint density at radius 2 is 2.25 bits per heavy atom. The van der Waals surface area contributed by atoms with E-state index >= 15 is 0 Å². The molecule has 1 N–H and O–H groups in total. The summed E-state index contributed by atoms with van der Waals surface area (Å²) in [7, 11) is 0. The number of carbonyl (C=O) groups excluding carboxylic acids is 1. The molecule has 0 bridgehead atoms. The number of nitriles is 1. The first-order valence-corrected chi connectivity index (χ1v) is 11.0. The van der Waals surface area contributed by atoms with Crippen LogP contribution in [-0.4, -0.2) is 45.1 Å². The van der Waals surface area contributed by atoms with Crippen molar-refractivity contribution in [1.29, 1.82) is 5.26 Å². The summed E-state index contributed by atoms with van der Waals surface area (Å²) >= 11 is 1.14. The highest BCUT2D eigenvalue weighted by Crippen LogP contribution is 2.38. The van der Waals surface area contributed by atoms with E-state index in [0.717, 1.165) is 36.3 Å². The molecule has 3 aromatic rings. The Bertz CT molecular complexity index is 1270. The molecule has 2 aliphatic rings. The van der Waals surface area contributed by atoms with Crippen LogP contribution in [0.4, 0.5) is 10.8 Å². The molecule has 1 aliphatic heterocycles. The maximum atomic E-state index is 12.8. The molecule has 3 aromatic heterocycles. The lowest BCUT2D eigenvalue weighted by Gasteiger charge is -2.36. The van der Waals surface area contributed by atoms with Crippen molar-refractivity contribution in [3.8, 4) is 17.0 Å². The van der Waals surface area contributed by atoms with Crippen molar-refractivity contribution in [1.82, 2.24) is 20.0 Å². The van der Waals surface area contributed by atoms with E-state index < -0.39 is 11.5 Å². The number of rotatable bonds is 4. The zero-order chi connectivity index (χ0) is 22.2. The van der Waals surface area contributed by atoms with Gasteiger partial charge in [0.15, 0.2) is 5.76 Å². The van der Waals surface area contributed by atoms with Crippen LogP contribution in [-0.2, 0) is 0 Å². The summed E-state index contributed by atoms with van der Waals surface area (Å²) in [5.74, 6) is -0.846. The number of hydrogen-bond acceptors (Lipinski definition) is 10. The minimum absolute atomic E-state index is 0.0246. The van der Waals surface area contributed by atoms with Gasteiger partial charge in [-0.3, -0.25) is 10.1 Å². The zero-order valence-electron chi connectivity index (χ0n) is 17.1. The standard InChI is InChI=1S/C20H19N7O4S/c1-11-5-6-22-27(11)20-25-24-19(32-20)23-17(28)15-9-14-16(18(29)31-15)30-8-7-26(14)13-4-2-3-12(13)10-21/h5-6,9,12-13H,2-4,7-8H2,1H3,(H,23,24,28). The lowest BCUT2D eigenvalue weighted by atomic mass is 10.0. The van der Waals surface area contributed by atoms with E-state index in [0.29, 0.717) is 24.0 Å². The molecule has 11 nitrogen and oxygen atoms in total. The quantitative estimate of drug-likeness (QED) is 0.629. The first-order chi connectivity index (χ1) is 15.5. The topological polar surface area (TPSA) is 139 Å². The average Bonchev–Trinajstić information content (AvgIpc) is 3.54. The Kier molecular flexibility index (Phi) is 5.10. The van der Waals surface area contributed by atoms with Crippen LogP contribution in [0.15, 0.2) is 27.5 Å². The van der Waals surface area contributed by atoms with E-state index in [2.05, 4.69) is 26.7 Å². The summed E-state index contributed by atoms with van der Waals surface area (Å²) in [5.41, 5.74) is 0.631. The van der Waals surface area contributed by atoms with Gasteiger partial charge in [0, 0.05) is 24.0 Å². The summed E-state index contributed by atoms with van der Waals surface area (Å²) in [5, 5.41) is 25.0. The molecule has 12 heteroatoms. The van der Waals surface area contributed by atoms with Gasteiger partial charge in [0.05, 0.1) is 24.2 Å². The van der Waals surface area contributed by atoms with Gasteiger partial charge in [-0.2, -0.15) is 10.4 Å². The molecular formula is C20H19N7O4S. The summed E-state index contributed by atoms with van der Waals surface area (Å²) < 4.78 is 12.4. The molecule has 1 fully saturated rings. The predicted molar refractivity (Wildman–Crippen MR) is 114 cm³/mol. The second-order valence-corrected chi connectivity index (χ2v) is 8.57. The molecule has 0 spiro atoms. The van der Waals surface area contributed by atoms with Crippen LogP contribution in [0.1, 0.15) is 35.5 Å². The number of hydrogen-bond donors (Lipinski definition) is 1. The number of carbonyl (C=O) groups is 1. The van der Waals surface area contributed by atoms with Gasteiger partial charge >= 0.3 is 5.63 Å². The Balaban J connectivity index is 1.42. The molecular weight excluding hydrogens is 434 g/mol. The average molecular weight is 453 g/mol. The molecule has 0 aromatic carbocycles. The number of fused-ring (bicyclic) bond motifs is 1. The van der Waals surface area contributed by atoms with Gasteiger partial charge in [0.1, 0.15) is 6.61 Å². The fraction of sp³-hybridized carbons (Fsp3) is 0.400. The smallest absolute Gasteiger partial charge is 0.381 e. The van der Waals surface area contributed by atoms with Gasteiger partial charge in [0.2, 0.25) is 16.0 Å². The second kappa shape index (κ2) is 8.08. The van der Waals surface area contributed by atoms with Gasteiger partial charge in [-0.05, 0) is 32.3 Å². The molecule has 4 heterocycles. The van der Waals surface area contributed by atoms with Gasteiger partial charge < -0.3 is 14.1 Å². The molecule has 2 unspecified atom stereocenters. The molecule has 0 radical (unpaired) electrons. The van der Waals surface area contributed by atoms with Gasteiger partial charge in [-0.15, -0.1) is 10.2 Å². The van der Waals surface area contributed by atoms with Crippen LogP contribution in [0, 0.1) is 24.2 Å². The lowest BCUT2D eigenvalue weighted by Crippen LogP contribution is -2.44. The second-order valence-electron chi connectivity index (χ2n) is 7.62. The molecule has 1 amide bonds. The van der Waals surface area contributed by atoms with Gasteiger partial charge in [-0.1, -0.05) is 11.3 Å². The summed E-state index contributed by atoms with van der Waals surface area (Å²) in [6.07, 6.45) is 4.25. The number of aryl methyl sites for hydroxylation is 1. The highest BCUT2D eigenvalue weighted by atomic mass is 32.1. The number of nitrogens with one attached hydrogen (secondary N) is 1. The third-order valence-electron chi connectivity index (χ3n) is 5.69. The van der Waals surface area contributed by atoms with E-state index in [1.165, 1.54) is 6.07 Å². The maximum absolute atomic E-state index is 12.8. The summed E-state index contributed by atoms with van der Waals surface area (Å²) in [4.78, 5) is 27.4. The third-order valence-corrected chi connectivity index (χ3v) is 6.51. The Labute approximate surface area is 186 Å². The minimum atomic E-state index is -0.728. The van der Waals surface area contributed by atoms with Crippen molar-refractivity contribution < 1.29 is 13.9 Å². The van der Waals surface area contributed by atoms with Gasteiger partial charge in [0.25, 0.3) is 5.91 Å². The predicted octanol–water partition coefficient (Wildman–Crippen LogP) is 2.13. The number of amides is 1. The lowest BCUT2D eigenvalue weighted by molar-refractivity contribution is 0.0990. The first-order valence-electron chi connectivity index (χ1n) is 10.2. The maximum Gasteiger partial charge on any atom is 0.381 e. The molecule has 1 saturated carbocycles.